The molecule has 1 heterocycles. The molecule has 0 amide bonds. The monoisotopic (exact) mass is 246 g/mol. The van der Waals surface area contributed by atoms with Gasteiger partial charge in [-0.1, -0.05) is 12.1 Å². The SMILES string of the molecule is CCOc1cccc(-c2csc(C(C)=O)c2)c1. The van der Waals surface area contributed by atoms with Crippen molar-refractivity contribution in [1.82, 2.24) is 0 Å². The van der Waals surface area contributed by atoms with Crippen LogP contribution in [0, 0.1) is 0 Å². The van der Waals surface area contributed by atoms with E-state index in [9.17, 15) is 4.79 Å². The van der Waals surface area contributed by atoms with Crippen LogP contribution >= 0.6 is 11.3 Å². The molecular weight excluding hydrogens is 232 g/mol. The van der Waals surface area contributed by atoms with E-state index in [-0.39, 0.29) is 5.78 Å². The van der Waals surface area contributed by atoms with Crippen molar-refractivity contribution in [3.8, 4) is 16.9 Å². The zero-order valence-electron chi connectivity index (χ0n) is 9.90. The molecule has 0 saturated heterocycles. The summed E-state index contributed by atoms with van der Waals surface area (Å²) in [7, 11) is 0. The lowest BCUT2D eigenvalue weighted by Crippen LogP contribution is -1.90. The van der Waals surface area contributed by atoms with Gasteiger partial charge in [0.1, 0.15) is 5.75 Å². The molecule has 2 rings (SSSR count). The molecule has 0 unspecified atom stereocenters. The van der Waals surface area contributed by atoms with Crippen molar-refractivity contribution in [2.24, 2.45) is 0 Å². The number of Topliss-reactive ketones (excluding diaryl/α,β-unsaturated/α-hetero) is 1. The van der Waals surface area contributed by atoms with E-state index >= 15 is 0 Å². The lowest BCUT2D eigenvalue weighted by atomic mass is 10.1. The molecule has 2 nitrogen and oxygen atoms in total. The second-order valence-corrected chi connectivity index (χ2v) is 4.63. The van der Waals surface area contributed by atoms with Crippen molar-refractivity contribution in [3.63, 3.8) is 0 Å². The highest BCUT2D eigenvalue weighted by Gasteiger charge is 2.06. The molecule has 0 aliphatic rings. The fourth-order valence-corrected chi connectivity index (χ4v) is 2.42. The standard InChI is InChI=1S/C14H14O2S/c1-3-16-13-6-4-5-11(7-13)12-8-14(10(2)15)17-9-12/h4-9H,3H2,1-2H3. The maximum absolute atomic E-state index is 11.2. The molecule has 1 aromatic carbocycles. The van der Waals surface area contributed by atoms with E-state index < -0.39 is 0 Å². The predicted octanol–water partition coefficient (Wildman–Crippen LogP) is 4.02. The highest BCUT2D eigenvalue weighted by molar-refractivity contribution is 7.12. The first-order valence-electron chi connectivity index (χ1n) is 5.53. The summed E-state index contributed by atoms with van der Waals surface area (Å²) >= 11 is 1.48. The van der Waals surface area contributed by atoms with E-state index in [0.717, 1.165) is 21.8 Å². The summed E-state index contributed by atoms with van der Waals surface area (Å²) in [6.45, 7) is 4.21. The molecule has 2 aromatic rings. The minimum atomic E-state index is 0.113. The number of rotatable bonds is 4. The van der Waals surface area contributed by atoms with Gasteiger partial charge in [0, 0.05) is 0 Å². The van der Waals surface area contributed by atoms with Crippen LogP contribution in [0.4, 0.5) is 0 Å². The fourth-order valence-electron chi connectivity index (χ4n) is 1.60. The van der Waals surface area contributed by atoms with Gasteiger partial charge in [0.05, 0.1) is 11.5 Å². The molecule has 0 fully saturated rings. The summed E-state index contributed by atoms with van der Waals surface area (Å²) in [5.74, 6) is 0.975. The van der Waals surface area contributed by atoms with Gasteiger partial charge in [-0.2, -0.15) is 0 Å². The molecule has 0 aliphatic carbocycles. The molecule has 3 heteroatoms. The summed E-state index contributed by atoms with van der Waals surface area (Å²) in [5, 5.41) is 2.00. The Morgan fingerprint density at radius 1 is 1.29 bits per heavy atom. The van der Waals surface area contributed by atoms with Crippen LogP contribution in [0.5, 0.6) is 5.75 Å². The van der Waals surface area contributed by atoms with Crippen molar-refractivity contribution in [3.05, 3.63) is 40.6 Å². The summed E-state index contributed by atoms with van der Waals surface area (Å²) in [6, 6.07) is 9.85. The number of thiophene rings is 1. The number of carbonyl (C=O) groups excluding carboxylic acids is 1. The molecule has 0 aliphatic heterocycles. The second kappa shape index (κ2) is 5.15. The van der Waals surface area contributed by atoms with E-state index in [4.69, 9.17) is 4.74 Å². The summed E-state index contributed by atoms with van der Waals surface area (Å²) in [4.78, 5) is 12.0. The first-order valence-corrected chi connectivity index (χ1v) is 6.41. The summed E-state index contributed by atoms with van der Waals surface area (Å²) in [6.07, 6.45) is 0. The number of benzene rings is 1. The van der Waals surface area contributed by atoms with E-state index in [0.29, 0.717) is 6.61 Å². The van der Waals surface area contributed by atoms with Crippen LogP contribution in [0.15, 0.2) is 35.7 Å². The topological polar surface area (TPSA) is 26.3 Å². The molecule has 17 heavy (non-hydrogen) atoms. The lowest BCUT2D eigenvalue weighted by molar-refractivity contribution is 0.102. The van der Waals surface area contributed by atoms with Crippen LogP contribution in [0.3, 0.4) is 0 Å². The molecule has 0 radical (unpaired) electrons. The third-order valence-corrected chi connectivity index (χ3v) is 3.46. The van der Waals surface area contributed by atoms with Crippen LogP contribution in [0.2, 0.25) is 0 Å². The van der Waals surface area contributed by atoms with Crippen molar-refractivity contribution < 1.29 is 9.53 Å². The fraction of sp³-hybridized carbons (Fsp3) is 0.214. The first-order chi connectivity index (χ1) is 8.20. The first kappa shape index (κ1) is 11.9. The largest absolute Gasteiger partial charge is 0.494 e. The van der Waals surface area contributed by atoms with Gasteiger partial charge in [0.2, 0.25) is 0 Å². The van der Waals surface area contributed by atoms with Gasteiger partial charge in [-0.05, 0) is 48.6 Å². The Labute approximate surface area is 105 Å². The smallest absolute Gasteiger partial charge is 0.169 e. The molecule has 0 N–H and O–H groups in total. The normalized spacial score (nSPS) is 10.2. The van der Waals surface area contributed by atoms with Gasteiger partial charge in [0.25, 0.3) is 0 Å². The van der Waals surface area contributed by atoms with Crippen molar-refractivity contribution >= 4 is 17.1 Å². The molecule has 0 saturated carbocycles. The number of hydrogen-bond donors (Lipinski definition) is 0. The van der Waals surface area contributed by atoms with Crippen molar-refractivity contribution in [2.45, 2.75) is 13.8 Å². The van der Waals surface area contributed by atoms with E-state index in [2.05, 4.69) is 0 Å². The third kappa shape index (κ3) is 2.74. The zero-order chi connectivity index (χ0) is 12.3. The van der Waals surface area contributed by atoms with Crippen molar-refractivity contribution in [1.29, 1.82) is 0 Å². The Kier molecular flexibility index (Phi) is 3.59. The Bertz CT molecular complexity index is 529. The van der Waals surface area contributed by atoms with E-state index in [1.54, 1.807) is 6.92 Å². The summed E-state index contributed by atoms with van der Waals surface area (Å²) < 4.78 is 5.46. The molecule has 88 valence electrons. The van der Waals surface area contributed by atoms with Gasteiger partial charge < -0.3 is 4.74 Å². The lowest BCUT2D eigenvalue weighted by Gasteiger charge is -2.04. The van der Waals surface area contributed by atoms with Gasteiger partial charge in [-0.25, -0.2) is 0 Å². The molecule has 0 spiro atoms. The number of carbonyl (C=O) groups is 1. The minimum absolute atomic E-state index is 0.113. The van der Waals surface area contributed by atoms with Crippen molar-refractivity contribution in [2.75, 3.05) is 6.61 Å². The molecule has 0 atom stereocenters. The van der Waals surface area contributed by atoms with Crippen LogP contribution in [0.1, 0.15) is 23.5 Å². The molecule has 0 bridgehead atoms. The minimum Gasteiger partial charge on any atom is -0.494 e. The zero-order valence-corrected chi connectivity index (χ0v) is 10.7. The Morgan fingerprint density at radius 3 is 2.76 bits per heavy atom. The van der Waals surface area contributed by atoms with Gasteiger partial charge in [-0.3, -0.25) is 4.79 Å². The average molecular weight is 246 g/mol. The highest BCUT2D eigenvalue weighted by atomic mass is 32.1. The number of hydrogen-bond acceptors (Lipinski definition) is 3. The molecular formula is C14H14O2S. The highest BCUT2D eigenvalue weighted by Crippen LogP contribution is 2.28. The van der Waals surface area contributed by atoms with E-state index in [1.165, 1.54) is 11.3 Å². The average Bonchev–Trinajstić information content (AvgIpc) is 2.79. The molecule has 1 aromatic heterocycles. The van der Waals surface area contributed by atoms with Gasteiger partial charge >= 0.3 is 0 Å². The second-order valence-electron chi connectivity index (χ2n) is 3.72. The number of ether oxygens (including phenoxy) is 1. The van der Waals surface area contributed by atoms with Crippen LogP contribution in [0.25, 0.3) is 11.1 Å². The predicted molar refractivity (Wildman–Crippen MR) is 70.9 cm³/mol. The third-order valence-electron chi connectivity index (χ3n) is 2.42. The van der Waals surface area contributed by atoms with Crippen LogP contribution in [-0.2, 0) is 0 Å². The van der Waals surface area contributed by atoms with Crippen LogP contribution < -0.4 is 4.74 Å². The Balaban J connectivity index is 2.31. The number of ketones is 1. The maximum atomic E-state index is 11.2. The van der Waals surface area contributed by atoms with E-state index in [1.807, 2.05) is 42.6 Å². The maximum Gasteiger partial charge on any atom is 0.169 e. The van der Waals surface area contributed by atoms with Crippen LogP contribution in [-0.4, -0.2) is 12.4 Å². The van der Waals surface area contributed by atoms with Gasteiger partial charge in [-0.15, -0.1) is 11.3 Å². The quantitative estimate of drug-likeness (QED) is 0.762. The Morgan fingerprint density at radius 2 is 2.12 bits per heavy atom. The summed E-state index contributed by atoms with van der Waals surface area (Å²) in [5.41, 5.74) is 2.15. The Hall–Kier alpha value is -1.61. The van der Waals surface area contributed by atoms with Gasteiger partial charge in [0.15, 0.2) is 5.78 Å².